The maximum absolute atomic E-state index is 11.7. The summed E-state index contributed by atoms with van der Waals surface area (Å²) in [6, 6.07) is 0. The minimum absolute atomic E-state index is 0.127. The van der Waals surface area contributed by atoms with Gasteiger partial charge >= 0.3 is 0 Å². The van der Waals surface area contributed by atoms with E-state index in [1.807, 2.05) is 19.9 Å². The van der Waals surface area contributed by atoms with E-state index < -0.39 is 0 Å². The first-order chi connectivity index (χ1) is 7.66. The maximum atomic E-state index is 11.7. The van der Waals surface area contributed by atoms with Gasteiger partial charge in [-0.3, -0.25) is 4.79 Å². The molecule has 0 aliphatic rings. The molecule has 0 saturated heterocycles. The molecule has 1 aromatic rings. The molecule has 4 nitrogen and oxygen atoms in total. The number of amides is 1. The van der Waals surface area contributed by atoms with Crippen molar-refractivity contribution in [3.05, 3.63) is 22.7 Å². The number of nitrogens with zero attached hydrogens (tertiary/aromatic N) is 2. The van der Waals surface area contributed by atoms with Crippen LogP contribution >= 0.6 is 23.1 Å². The first-order valence-corrected chi connectivity index (χ1v) is 6.29. The van der Waals surface area contributed by atoms with Crippen LogP contribution < -0.4 is 5.32 Å². The van der Waals surface area contributed by atoms with E-state index in [2.05, 4.69) is 14.9 Å². The highest BCUT2D eigenvalue weighted by molar-refractivity contribution is 7.08. The molecule has 88 valence electrons. The number of hydrogen-bond acceptors (Lipinski definition) is 4. The van der Waals surface area contributed by atoms with E-state index in [1.165, 1.54) is 0 Å². The second kappa shape index (κ2) is 6.60. The van der Waals surface area contributed by atoms with E-state index in [0.717, 1.165) is 17.2 Å². The summed E-state index contributed by atoms with van der Waals surface area (Å²) in [5.74, 6) is 0.533. The number of rotatable bonds is 5. The van der Waals surface area contributed by atoms with Crippen LogP contribution in [0.2, 0.25) is 0 Å². The Labute approximate surface area is 104 Å². The monoisotopic (exact) mass is 259 g/mol. The summed E-state index contributed by atoms with van der Waals surface area (Å²) >= 11 is 6.59. The summed E-state index contributed by atoms with van der Waals surface area (Å²) in [5.41, 5.74) is 0.754. The third kappa shape index (κ3) is 3.57. The number of nitrogens with one attached hydrogen (secondary N) is 1. The van der Waals surface area contributed by atoms with Crippen LogP contribution in [0, 0.1) is 0 Å². The SMILES string of the molecule is CC(C)c1nnsc1C(=O)NC/C=C/CCl. The van der Waals surface area contributed by atoms with Gasteiger partial charge in [-0.15, -0.1) is 16.7 Å². The van der Waals surface area contributed by atoms with Gasteiger partial charge in [0.2, 0.25) is 0 Å². The molecular weight excluding hydrogens is 246 g/mol. The van der Waals surface area contributed by atoms with Gasteiger partial charge in [-0.2, -0.15) is 0 Å². The van der Waals surface area contributed by atoms with Crippen LogP contribution in [0.1, 0.15) is 35.1 Å². The van der Waals surface area contributed by atoms with Crippen molar-refractivity contribution in [2.45, 2.75) is 19.8 Å². The van der Waals surface area contributed by atoms with Crippen molar-refractivity contribution < 1.29 is 4.79 Å². The van der Waals surface area contributed by atoms with E-state index in [1.54, 1.807) is 6.08 Å². The minimum Gasteiger partial charge on any atom is -0.348 e. The van der Waals surface area contributed by atoms with Gasteiger partial charge in [0, 0.05) is 12.4 Å². The molecule has 1 heterocycles. The predicted octanol–water partition coefficient (Wildman–Crippen LogP) is 2.19. The maximum Gasteiger partial charge on any atom is 0.265 e. The standard InChI is InChI=1S/C10H14ClN3OS/c1-7(2)8-9(16-14-13-8)10(15)12-6-4-3-5-11/h3-4,7H,5-6H2,1-2H3,(H,12,15)/b4-3+. The number of allylic oxidation sites excluding steroid dienone is 1. The van der Waals surface area contributed by atoms with Gasteiger partial charge in [0.15, 0.2) is 0 Å². The van der Waals surface area contributed by atoms with Crippen LogP contribution in [0.5, 0.6) is 0 Å². The summed E-state index contributed by atoms with van der Waals surface area (Å²) in [4.78, 5) is 12.3. The van der Waals surface area contributed by atoms with Crippen LogP contribution in [0.25, 0.3) is 0 Å². The second-order valence-corrected chi connectivity index (χ2v) is 4.54. The van der Waals surface area contributed by atoms with Gasteiger partial charge < -0.3 is 5.32 Å². The van der Waals surface area contributed by atoms with Crippen molar-refractivity contribution in [3.63, 3.8) is 0 Å². The Morgan fingerprint density at radius 1 is 1.56 bits per heavy atom. The van der Waals surface area contributed by atoms with Crippen LogP contribution in [0.4, 0.5) is 0 Å². The molecule has 1 aromatic heterocycles. The Morgan fingerprint density at radius 3 is 2.94 bits per heavy atom. The number of hydrogen-bond donors (Lipinski definition) is 1. The second-order valence-electron chi connectivity index (χ2n) is 3.48. The molecule has 0 bridgehead atoms. The van der Waals surface area contributed by atoms with E-state index >= 15 is 0 Å². The van der Waals surface area contributed by atoms with E-state index in [-0.39, 0.29) is 11.8 Å². The summed E-state index contributed by atoms with van der Waals surface area (Å²) in [6.45, 7) is 4.45. The fourth-order valence-electron chi connectivity index (χ4n) is 1.11. The Balaban J connectivity index is 2.59. The summed E-state index contributed by atoms with van der Waals surface area (Å²) in [6.07, 6.45) is 3.60. The molecule has 0 saturated carbocycles. The highest BCUT2D eigenvalue weighted by Gasteiger charge is 2.17. The average molecular weight is 260 g/mol. The zero-order valence-electron chi connectivity index (χ0n) is 9.24. The topological polar surface area (TPSA) is 54.9 Å². The zero-order valence-corrected chi connectivity index (χ0v) is 10.8. The van der Waals surface area contributed by atoms with Gasteiger partial charge in [-0.25, -0.2) is 0 Å². The Hall–Kier alpha value is -0.940. The molecule has 0 atom stereocenters. The Morgan fingerprint density at radius 2 is 2.31 bits per heavy atom. The van der Waals surface area contributed by atoms with Crippen LogP contribution in [0.15, 0.2) is 12.2 Å². The number of alkyl halides is 1. The van der Waals surface area contributed by atoms with Gasteiger partial charge in [-0.05, 0) is 17.5 Å². The lowest BCUT2D eigenvalue weighted by Crippen LogP contribution is -2.23. The van der Waals surface area contributed by atoms with Crippen LogP contribution in [-0.4, -0.2) is 27.9 Å². The van der Waals surface area contributed by atoms with Crippen molar-refractivity contribution in [2.24, 2.45) is 0 Å². The van der Waals surface area contributed by atoms with Crippen LogP contribution in [0.3, 0.4) is 0 Å². The molecule has 1 amide bonds. The van der Waals surface area contributed by atoms with Crippen molar-refractivity contribution in [1.82, 2.24) is 14.9 Å². The lowest BCUT2D eigenvalue weighted by Gasteiger charge is -2.03. The summed E-state index contributed by atoms with van der Waals surface area (Å²) in [7, 11) is 0. The molecule has 0 aromatic carbocycles. The van der Waals surface area contributed by atoms with Crippen LogP contribution in [-0.2, 0) is 0 Å². The molecule has 1 rings (SSSR count). The molecule has 16 heavy (non-hydrogen) atoms. The smallest absolute Gasteiger partial charge is 0.265 e. The predicted molar refractivity (Wildman–Crippen MR) is 66.2 cm³/mol. The number of halogens is 1. The molecule has 1 N–H and O–H groups in total. The van der Waals surface area contributed by atoms with E-state index in [9.17, 15) is 4.79 Å². The van der Waals surface area contributed by atoms with Crippen molar-refractivity contribution in [2.75, 3.05) is 12.4 Å². The third-order valence-electron chi connectivity index (χ3n) is 1.90. The van der Waals surface area contributed by atoms with Gasteiger partial charge in [0.25, 0.3) is 5.91 Å². The highest BCUT2D eigenvalue weighted by atomic mass is 35.5. The molecule has 0 fully saturated rings. The lowest BCUT2D eigenvalue weighted by molar-refractivity contribution is 0.0960. The van der Waals surface area contributed by atoms with Crippen molar-refractivity contribution in [1.29, 1.82) is 0 Å². The molecule has 0 spiro atoms. The van der Waals surface area contributed by atoms with Gasteiger partial charge in [0.05, 0.1) is 5.69 Å². The highest BCUT2D eigenvalue weighted by Crippen LogP contribution is 2.19. The summed E-state index contributed by atoms with van der Waals surface area (Å²) < 4.78 is 3.80. The fraction of sp³-hybridized carbons (Fsp3) is 0.500. The normalized spacial score (nSPS) is 11.2. The molecule has 0 aliphatic carbocycles. The zero-order chi connectivity index (χ0) is 12.0. The van der Waals surface area contributed by atoms with Crippen molar-refractivity contribution in [3.8, 4) is 0 Å². The average Bonchev–Trinajstić information content (AvgIpc) is 2.73. The van der Waals surface area contributed by atoms with Gasteiger partial charge in [0.1, 0.15) is 4.88 Å². The number of carbonyl (C=O) groups is 1. The molecule has 6 heteroatoms. The lowest BCUT2D eigenvalue weighted by atomic mass is 10.1. The largest absolute Gasteiger partial charge is 0.348 e. The fourth-order valence-corrected chi connectivity index (χ4v) is 1.97. The van der Waals surface area contributed by atoms with Crippen molar-refractivity contribution >= 4 is 29.0 Å². The molecular formula is C10H14ClN3OS. The first-order valence-electron chi connectivity index (χ1n) is 4.98. The number of aromatic nitrogens is 2. The molecule has 0 unspecified atom stereocenters. The third-order valence-corrected chi connectivity index (χ3v) is 2.82. The Kier molecular flexibility index (Phi) is 5.42. The number of carbonyl (C=O) groups excluding carboxylic acids is 1. The Bertz CT molecular complexity index is 376. The quantitative estimate of drug-likeness (QED) is 0.651. The molecule has 0 aliphatic heterocycles. The van der Waals surface area contributed by atoms with Gasteiger partial charge in [-0.1, -0.05) is 30.5 Å². The van der Waals surface area contributed by atoms with E-state index in [0.29, 0.717) is 17.3 Å². The first kappa shape index (κ1) is 13.1. The minimum atomic E-state index is -0.127. The summed E-state index contributed by atoms with van der Waals surface area (Å²) in [5, 5.41) is 6.71. The van der Waals surface area contributed by atoms with E-state index in [4.69, 9.17) is 11.6 Å². The molecule has 0 radical (unpaired) electrons.